The van der Waals surface area contributed by atoms with Crippen molar-refractivity contribution < 1.29 is 24.5 Å². The minimum Gasteiger partial charge on any atom is -0.495 e. The number of carbonyl (C=O) groups is 1. The highest BCUT2D eigenvalue weighted by Crippen LogP contribution is 2.46. The number of aryl methyl sites for hydroxylation is 1. The minimum absolute atomic E-state index is 0.134. The van der Waals surface area contributed by atoms with Crippen LogP contribution < -0.4 is 10.1 Å². The Labute approximate surface area is 235 Å². The van der Waals surface area contributed by atoms with Gasteiger partial charge in [0.15, 0.2) is 0 Å². The van der Waals surface area contributed by atoms with Crippen LogP contribution in [0.25, 0.3) is 11.1 Å². The van der Waals surface area contributed by atoms with Gasteiger partial charge >= 0.3 is 5.97 Å². The van der Waals surface area contributed by atoms with Crippen LogP contribution in [0, 0.1) is 12.8 Å². The fourth-order valence-electron chi connectivity index (χ4n) is 5.01. The lowest BCUT2D eigenvalue weighted by Crippen LogP contribution is -2.46. The number of carboxylic acids is 1. The number of ether oxygens (including phenoxy) is 2. The molecule has 3 aromatic carbocycles. The Morgan fingerprint density at radius 3 is 2.54 bits per heavy atom. The summed E-state index contributed by atoms with van der Waals surface area (Å²) in [5, 5.41) is 24.3. The summed E-state index contributed by atoms with van der Waals surface area (Å²) in [5.41, 5.74) is 4.92. The number of aliphatic hydroxyl groups excluding tert-OH is 1. The molecule has 1 fully saturated rings. The number of rotatable bonds is 13. The molecule has 0 saturated heterocycles. The molecule has 1 aliphatic rings. The van der Waals surface area contributed by atoms with E-state index in [1.54, 1.807) is 13.2 Å². The molecule has 0 spiro atoms. The normalized spacial score (nSPS) is 15.1. The molecule has 1 aliphatic carbocycles. The van der Waals surface area contributed by atoms with Gasteiger partial charge in [0.1, 0.15) is 5.75 Å². The maximum atomic E-state index is 11.5. The van der Waals surface area contributed by atoms with Crippen LogP contribution in [0.4, 0.5) is 0 Å². The highest BCUT2D eigenvalue weighted by molar-refractivity contribution is 6.32. The van der Waals surface area contributed by atoms with Gasteiger partial charge in [-0.2, -0.15) is 0 Å². The number of benzene rings is 3. The molecule has 3 N–H and O–H groups in total. The average molecular weight is 552 g/mol. The van der Waals surface area contributed by atoms with E-state index in [2.05, 4.69) is 31.3 Å². The number of methoxy groups -OCH3 is 1. The fourth-order valence-corrected chi connectivity index (χ4v) is 5.21. The summed E-state index contributed by atoms with van der Waals surface area (Å²) in [7, 11) is 1.61. The van der Waals surface area contributed by atoms with Crippen molar-refractivity contribution in [2.45, 2.75) is 57.8 Å². The zero-order valence-corrected chi connectivity index (χ0v) is 23.8. The van der Waals surface area contributed by atoms with Crippen LogP contribution in [0.15, 0.2) is 60.7 Å². The summed E-state index contributed by atoms with van der Waals surface area (Å²) in [5.74, 6) is 0.130. The molecule has 3 aromatic rings. The Hall–Kier alpha value is -2.90. The summed E-state index contributed by atoms with van der Waals surface area (Å²) in [6.45, 7) is 6.63. The van der Waals surface area contributed by atoms with Gasteiger partial charge in [-0.05, 0) is 92.0 Å². The molecule has 0 heterocycles. The van der Waals surface area contributed by atoms with Gasteiger partial charge in [-0.1, -0.05) is 54.1 Å². The summed E-state index contributed by atoms with van der Waals surface area (Å²) < 4.78 is 11.7. The maximum Gasteiger partial charge on any atom is 0.335 e. The third-order valence-electron chi connectivity index (χ3n) is 7.23. The van der Waals surface area contributed by atoms with Crippen molar-refractivity contribution in [3.05, 3.63) is 87.9 Å². The van der Waals surface area contributed by atoms with Gasteiger partial charge in [-0.25, -0.2) is 4.79 Å². The third kappa shape index (κ3) is 7.61. The molecule has 0 unspecified atom stereocenters. The van der Waals surface area contributed by atoms with E-state index < -0.39 is 12.1 Å². The first kappa shape index (κ1) is 29.1. The van der Waals surface area contributed by atoms with Crippen LogP contribution in [0.1, 0.15) is 59.8 Å². The van der Waals surface area contributed by atoms with Crippen LogP contribution in [-0.2, 0) is 11.2 Å². The summed E-state index contributed by atoms with van der Waals surface area (Å²) in [6, 6.07) is 19.3. The van der Waals surface area contributed by atoms with Crippen LogP contribution in [0.5, 0.6) is 5.75 Å². The molecule has 7 heteroatoms. The molecule has 0 aromatic heterocycles. The van der Waals surface area contributed by atoms with Crippen molar-refractivity contribution in [1.82, 2.24) is 5.32 Å². The first-order valence-electron chi connectivity index (χ1n) is 13.4. The number of β-amino-alcohol motifs (C(OH)–C–C–N with tert-alkyl or cyclic N) is 1. The molecule has 4 rings (SSSR count). The summed E-state index contributed by atoms with van der Waals surface area (Å²) in [4.78, 5) is 11.5. The van der Waals surface area contributed by atoms with Gasteiger partial charge in [-0.3, -0.25) is 0 Å². The average Bonchev–Trinajstić information content (AvgIpc) is 3.74. The molecular weight excluding hydrogens is 514 g/mol. The van der Waals surface area contributed by atoms with Crippen molar-refractivity contribution in [2.75, 3.05) is 20.3 Å². The molecular formula is C32H38ClNO5. The predicted molar refractivity (Wildman–Crippen MR) is 155 cm³/mol. The highest BCUT2D eigenvalue weighted by Gasteiger charge is 2.35. The highest BCUT2D eigenvalue weighted by atomic mass is 35.5. The molecule has 0 bridgehead atoms. The quantitative estimate of drug-likeness (QED) is 0.226. The van der Waals surface area contributed by atoms with E-state index in [0.717, 1.165) is 47.1 Å². The fraction of sp³-hybridized carbons (Fsp3) is 0.406. The van der Waals surface area contributed by atoms with Crippen LogP contribution in [0.3, 0.4) is 0 Å². The van der Waals surface area contributed by atoms with E-state index in [1.165, 1.54) is 0 Å². The SMILES string of the molecule is COc1cc(CC(C)(C)NC[C@@H](O)CO[C@@H](c2ccccc2-c2ccc(C(=O)O)c(C)c2)C2CC2)ccc1Cl. The summed E-state index contributed by atoms with van der Waals surface area (Å²) >= 11 is 6.16. The Kier molecular flexibility index (Phi) is 9.34. The zero-order chi connectivity index (χ0) is 28.2. The van der Waals surface area contributed by atoms with Crippen molar-refractivity contribution >= 4 is 17.6 Å². The van der Waals surface area contributed by atoms with Crippen molar-refractivity contribution in [1.29, 1.82) is 0 Å². The maximum absolute atomic E-state index is 11.5. The van der Waals surface area contributed by atoms with E-state index in [9.17, 15) is 15.0 Å². The van der Waals surface area contributed by atoms with Gasteiger partial charge in [-0.15, -0.1) is 0 Å². The van der Waals surface area contributed by atoms with Crippen LogP contribution in [0.2, 0.25) is 5.02 Å². The smallest absolute Gasteiger partial charge is 0.335 e. The number of hydrogen-bond acceptors (Lipinski definition) is 5. The van der Waals surface area contributed by atoms with E-state index in [-0.39, 0.29) is 18.2 Å². The predicted octanol–water partition coefficient (Wildman–Crippen LogP) is 6.46. The third-order valence-corrected chi connectivity index (χ3v) is 7.54. The largest absolute Gasteiger partial charge is 0.495 e. The molecule has 0 aliphatic heterocycles. The molecule has 6 nitrogen and oxygen atoms in total. The topological polar surface area (TPSA) is 88.0 Å². The van der Waals surface area contributed by atoms with Gasteiger partial charge in [0.05, 0.1) is 36.5 Å². The van der Waals surface area contributed by atoms with Gasteiger partial charge < -0.3 is 25.0 Å². The van der Waals surface area contributed by atoms with Gasteiger partial charge in [0.2, 0.25) is 0 Å². The number of nitrogens with one attached hydrogen (secondary N) is 1. The number of aliphatic hydroxyl groups is 1. The zero-order valence-electron chi connectivity index (χ0n) is 23.0. The van der Waals surface area contributed by atoms with E-state index >= 15 is 0 Å². The lowest BCUT2D eigenvalue weighted by atomic mass is 9.92. The number of aromatic carboxylic acids is 1. The van der Waals surface area contributed by atoms with Gasteiger partial charge in [0.25, 0.3) is 0 Å². The number of hydrogen-bond donors (Lipinski definition) is 3. The van der Waals surface area contributed by atoms with Crippen molar-refractivity contribution in [2.24, 2.45) is 5.92 Å². The monoisotopic (exact) mass is 551 g/mol. The summed E-state index contributed by atoms with van der Waals surface area (Å²) in [6.07, 6.45) is 2.11. The van der Waals surface area contributed by atoms with Crippen molar-refractivity contribution in [3.63, 3.8) is 0 Å². The molecule has 39 heavy (non-hydrogen) atoms. The molecule has 1 saturated carbocycles. The Morgan fingerprint density at radius 2 is 1.87 bits per heavy atom. The number of carboxylic acid groups (broad SMARTS) is 1. The lowest BCUT2D eigenvalue weighted by Gasteiger charge is -2.29. The molecule has 0 amide bonds. The Bertz CT molecular complexity index is 1300. The standard InChI is InChI=1S/C32H38ClNO5/c1-20-15-23(12-13-25(20)31(36)37)26-7-5-6-8-27(26)30(22-10-11-22)39-19-24(35)18-34-32(2,3)17-21-9-14-28(33)29(16-21)38-4/h5-9,12-16,22,24,30,34-35H,10-11,17-19H2,1-4H3,(H,36,37)/t24-,30-/m1/s1. The van der Waals surface area contributed by atoms with E-state index in [1.807, 2.05) is 49.4 Å². The Balaban J connectivity index is 1.40. The van der Waals surface area contributed by atoms with Crippen LogP contribution >= 0.6 is 11.6 Å². The van der Waals surface area contributed by atoms with E-state index in [4.69, 9.17) is 21.1 Å². The second-order valence-corrected chi connectivity index (χ2v) is 11.5. The lowest BCUT2D eigenvalue weighted by molar-refractivity contribution is -0.0209. The first-order valence-corrected chi connectivity index (χ1v) is 13.8. The molecule has 208 valence electrons. The van der Waals surface area contributed by atoms with E-state index in [0.29, 0.717) is 28.8 Å². The van der Waals surface area contributed by atoms with Crippen LogP contribution in [-0.4, -0.2) is 48.1 Å². The molecule has 2 atom stereocenters. The second kappa shape index (κ2) is 12.5. The second-order valence-electron chi connectivity index (χ2n) is 11.1. The molecule has 0 radical (unpaired) electrons. The number of halogens is 1. The van der Waals surface area contributed by atoms with Crippen molar-refractivity contribution in [3.8, 4) is 16.9 Å². The van der Waals surface area contributed by atoms with Gasteiger partial charge in [0, 0.05) is 12.1 Å². The Morgan fingerprint density at radius 1 is 1.13 bits per heavy atom. The first-order chi connectivity index (χ1) is 18.6. The minimum atomic E-state index is -0.926.